The second-order valence-electron chi connectivity index (χ2n) is 5.93. The number of hydrogen-bond donors (Lipinski definition) is 1. The molecule has 5 heteroatoms. The number of nitrogens with one attached hydrogen (secondary N) is 1. The zero-order valence-electron chi connectivity index (χ0n) is 12.5. The van der Waals surface area contributed by atoms with Gasteiger partial charge in [0.15, 0.2) is 0 Å². The Labute approximate surface area is 134 Å². The Morgan fingerprint density at radius 3 is 2.62 bits per heavy atom. The Kier molecular flexibility index (Phi) is 6.18. The van der Waals surface area contributed by atoms with E-state index in [1.807, 2.05) is 6.07 Å². The number of hydrogen-bond acceptors (Lipinski definition) is 3. The highest BCUT2D eigenvalue weighted by atomic mass is 79.9. The first-order valence-corrected chi connectivity index (χ1v) is 8.54. The molecular weight excluding hydrogens is 332 g/mol. The fourth-order valence-corrected chi connectivity index (χ4v) is 3.64. The van der Waals surface area contributed by atoms with E-state index in [0.29, 0.717) is 17.1 Å². The lowest BCUT2D eigenvalue weighted by atomic mass is 9.93. The number of halogens is 1. The summed E-state index contributed by atoms with van der Waals surface area (Å²) in [6, 6.07) is 5.66. The van der Waals surface area contributed by atoms with E-state index in [1.54, 1.807) is 6.07 Å². The monoisotopic (exact) mass is 354 g/mol. The van der Waals surface area contributed by atoms with Gasteiger partial charge in [0, 0.05) is 18.7 Å². The summed E-state index contributed by atoms with van der Waals surface area (Å²) in [7, 11) is 0. The number of nitrogens with zero attached hydrogens (tertiary/aromatic N) is 1. The van der Waals surface area contributed by atoms with Gasteiger partial charge in [0.25, 0.3) is 5.69 Å². The third-order valence-electron chi connectivity index (χ3n) is 4.48. The van der Waals surface area contributed by atoms with E-state index in [2.05, 4.69) is 28.2 Å². The maximum atomic E-state index is 11.0. The highest BCUT2D eigenvalue weighted by Gasteiger charge is 2.20. The molecule has 0 unspecified atom stereocenters. The lowest BCUT2D eigenvalue weighted by molar-refractivity contribution is -0.385. The van der Waals surface area contributed by atoms with Crippen molar-refractivity contribution in [1.82, 2.24) is 5.32 Å². The molecule has 1 aromatic carbocycles. The van der Waals surface area contributed by atoms with Gasteiger partial charge in [-0.3, -0.25) is 10.1 Å². The second-order valence-corrected chi connectivity index (χ2v) is 6.72. The zero-order valence-corrected chi connectivity index (χ0v) is 14.1. The molecule has 0 aliphatic heterocycles. The summed E-state index contributed by atoms with van der Waals surface area (Å²) < 4.78 is 0.593. The standard InChI is InChI=1S/C16H23BrN2O2/c1-12(13-7-4-2-3-5-8-13)18-11-14-9-6-10-15(16(14)17)19(20)21/h6,9-10,12-13,18H,2-5,7-8,11H2,1H3/t12-/m0/s1. The molecule has 116 valence electrons. The van der Waals surface area contributed by atoms with Crippen molar-refractivity contribution >= 4 is 21.6 Å². The molecule has 0 heterocycles. The summed E-state index contributed by atoms with van der Waals surface area (Å²) in [4.78, 5) is 10.6. The summed E-state index contributed by atoms with van der Waals surface area (Å²) in [5, 5.41) is 14.5. The van der Waals surface area contributed by atoms with Crippen LogP contribution in [0.2, 0.25) is 0 Å². The molecule has 0 amide bonds. The first kappa shape index (κ1) is 16.4. The molecule has 1 aliphatic carbocycles. The molecule has 1 atom stereocenters. The molecule has 1 saturated carbocycles. The van der Waals surface area contributed by atoms with Crippen LogP contribution in [0.4, 0.5) is 5.69 Å². The highest BCUT2D eigenvalue weighted by molar-refractivity contribution is 9.10. The Morgan fingerprint density at radius 2 is 2.00 bits per heavy atom. The van der Waals surface area contributed by atoms with E-state index in [1.165, 1.54) is 44.6 Å². The van der Waals surface area contributed by atoms with Gasteiger partial charge >= 0.3 is 0 Å². The maximum absolute atomic E-state index is 11.0. The van der Waals surface area contributed by atoms with Gasteiger partial charge in [0.2, 0.25) is 0 Å². The van der Waals surface area contributed by atoms with Crippen LogP contribution in [0.1, 0.15) is 51.0 Å². The van der Waals surface area contributed by atoms with E-state index in [0.717, 1.165) is 11.5 Å². The summed E-state index contributed by atoms with van der Waals surface area (Å²) in [5.41, 5.74) is 1.08. The number of nitro benzene ring substituents is 1. The normalized spacial score (nSPS) is 18.2. The lowest BCUT2D eigenvalue weighted by Crippen LogP contribution is -2.33. The van der Waals surface area contributed by atoms with Gasteiger partial charge in [-0.25, -0.2) is 0 Å². The zero-order chi connectivity index (χ0) is 15.2. The van der Waals surface area contributed by atoms with Crippen molar-refractivity contribution in [2.24, 2.45) is 5.92 Å². The van der Waals surface area contributed by atoms with Gasteiger partial charge < -0.3 is 5.32 Å². The van der Waals surface area contributed by atoms with E-state index in [9.17, 15) is 10.1 Å². The minimum Gasteiger partial charge on any atom is -0.310 e. The molecule has 1 aliphatic rings. The van der Waals surface area contributed by atoms with Crippen molar-refractivity contribution in [2.75, 3.05) is 0 Å². The van der Waals surface area contributed by atoms with Gasteiger partial charge in [0.1, 0.15) is 0 Å². The molecule has 0 radical (unpaired) electrons. The third kappa shape index (κ3) is 4.51. The molecule has 2 rings (SSSR count). The molecule has 1 N–H and O–H groups in total. The summed E-state index contributed by atoms with van der Waals surface area (Å²) in [6.07, 6.45) is 7.97. The quantitative estimate of drug-likeness (QED) is 0.469. The molecule has 0 aromatic heterocycles. The van der Waals surface area contributed by atoms with Gasteiger partial charge in [-0.15, -0.1) is 0 Å². The van der Waals surface area contributed by atoms with E-state index in [-0.39, 0.29) is 10.6 Å². The van der Waals surface area contributed by atoms with Crippen LogP contribution < -0.4 is 5.32 Å². The van der Waals surface area contributed by atoms with E-state index < -0.39 is 0 Å². The predicted molar refractivity (Wildman–Crippen MR) is 88.3 cm³/mol. The van der Waals surface area contributed by atoms with Crippen molar-refractivity contribution < 1.29 is 4.92 Å². The van der Waals surface area contributed by atoms with Crippen LogP contribution in [0.5, 0.6) is 0 Å². The van der Waals surface area contributed by atoms with Crippen molar-refractivity contribution in [2.45, 2.75) is 58.0 Å². The summed E-state index contributed by atoms with van der Waals surface area (Å²) in [6.45, 7) is 2.90. The van der Waals surface area contributed by atoms with Crippen LogP contribution in [0.15, 0.2) is 22.7 Å². The van der Waals surface area contributed by atoms with Crippen LogP contribution in [0.25, 0.3) is 0 Å². The highest BCUT2D eigenvalue weighted by Crippen LogP contribution is 2.29. The van der Waals surface area contributed by atoms with Crippen molar-refractivity contribution in [3.8, 4) is 0 Å². The molecule has 4 nitrogen and oxygen atoms in total. The van der Waals surface area contributed by atoms with Crippen molar-refractivity contribution in [3.05, 3.63) is 38.3 Å². The van der Waals surface area contributed by atoms with Crippen LogP contribution in [-0.2, 0) is 6.54 Å². The molecule has 1 fully saturated rings. The predicted octanol–water partition coefficient (Wildman–Crippen LogP) is 4.81. The summed E-state index contributed by atoms with van der Waals surface area (Å²) >= 11 is 3.36. The van der Waals surface area contributed by atoms with Crippen LogP contribution in [0.3, 0.4) is 0 Å². The molecule has 0 bridgehead atoms. The second kappa shape index (κ2) is 7.90. The Bertz CT molecular complexity index is 485. The minimum atomic E-state index is -0.345. The first-order chi connectivity index (χ1) is 10.1. The SMILES string of the molecule is C[C@H](NCc1cccc([N+](=O)[O-])c1Br)C1CCCCCC1. The Balaban J connectivity index is 1.96. The Morgan fingerprint density at radius 1 is 1.33 bits per heavy atom. The lowest BCUT2D eigenvalue weighted by Gasteiger charge is -2.24. The van der Waals surface area contributed by atoms with E-state index in [4.69, 9.17) is 0 Å². The molecule has 0 spiro atoms. The average Bonchev–Trinajstić information content (AvgIpc) is 2.74. The topological polar surface area (TPSA) is 55.2 Å². The number of benzene rings is 1. The van der Waals surface area contributed by atoms with Gasteiger partial charge in [-0.05, 0) is 47.2 Å². The van der Waals surface area contributed by atoms with E-state index >= 15 is 0 Å². The van der Waals surface area contributed by atoms with Crippen molar-refractivity contribution in [1.29, 1.82) is 0 Å². The summed E-state index contributed by atoms with van der Waals surface area (Å²) in [5.74, 6) is 0.727. The number of rotatable bonds is 5. The first-order valence-electron chi connectivity index (χ1n) is 7.74. The molecule has 21 heavy (non-hydrogen) atoms. The largest absolute Gasteiger partial charge is 0.310 e. The van der Waals surface area contributed by atoms with Crippen molar-refractivity contribution in [3.63, 3.8) is 0 Å². The van der Waals surface area contributed by atoms with Crippen LogP contribution >= 0.6 is 15.9 Å². The van der Waals surface area contributed by atoms with Gasteiger partial charge in [0.05, 0.1) is 9.40 Å². The van der Waals surface area contributed by atoms with Gasteiger partial charge in [-0.2, -0.15) is 0 Å². The fourth-order valence-electron chi connectivity index (χ4n) is 3.09. The molecule has 0 saturated heterocycles. The maximum Gasteiger partial charge on any atom is 0.283 e. The number of nitro groups is 1. The smallest absolute Gasteiger partial charge is 0.283 e. The van der Waals surface area contributed by atoms with Gasteiger partial charge in [-0.1, -0.05) is 37.8 Å². The fraction of sp³-hybridized carbons (Fsp3) is 0.625. The molecular formula is C16H23BrN2O2. The molecule has 1 aromatic rings. The van der Waals surface area contributed by atoms with Crippen LogP contribution in [-0.4, -0.2) is 11.0 Å². The Hall–Kier alpha value is -0.940. The van der Waals surface area contributed by atoms with Crippen LogP contribution in [0, 0.1) is 16.0 Å². The average molecular weight is 355 g/mol. The minimum absolute atomic E-state index is 0.136. The third-order valence-corrected chi connectivity index (χ3v) is 5.39.